The first-order valence-electron chi connectivity index (χ1n) is 12.9. The topological polar surface area (TPSA) is 50.8 Å². The molecule has 1 N–H and O–H groups in total. The van der Waals surface area contributed by atoms with E-state index in [1.807, 2.05) is 54.6 Å². The van der Waals surface area contributed by atoms with Crippen LogP contribution in [0.25, 0.3) is 6.08 Å². The maximum Gasteiger partial charge on any atom is 0.248 e. The van der Waals surface area contributed by atoms with Gasteiger partial charge in [0.2, 0.25) is 5.91 Å². The Morgan fingerprint density at radius 1 is 1.03 bits per heavy atom. The van der Waals surface area contributed by atoms with Crippen molar-refractivity contribution in [2.24, 2.45) is 0 Å². The van der Waals surface area contributed by atoms with Gasteiger partial charge in [-0.2, -0.15) is 0 Å². The van der Waals surface area contributed by atoms with E-state index in [9.17, 15) is 4.79 Å². The molecule has 200 valence electrons. The van der Waals surface area contributed by atoms with Gasteiger partial charge >= 0.3 is 0 Å². The van der Waals surface area contributed by atoms with Crippen LogP contribution in [0.5, 0.6) is 11.5 Å². The number of halogens is 2. The Bertz CT molecular complexity index is 1260. The molecule has 3 aromatic carbocycles. The highest BCUT2D eigenvalue weighted by atomic mass is 79.9. The van der Waals surface area contributed by atoms with Gasteiger partial charge in [0.25, 0.3) is 0 Å². The summed E-state index contributed by atoms with van der Waals surface area (Å²) in [6.07, 6.45) is 9.69. The normalized spacial score (nSPS) is 14.1. The van der Waals surface area contributed by atoms with Crippen molar-refractivity contribution in [1.82, 2.24) is 4.90 Å². The number of hydrogen-bond acceptors (Lipinski definition) is 4. The van der Waals surface area contributed by atoms with Crippen LogP contribution in [0.3, 0.4) is 0 Å². The average Bonchev–Trinajstić information content (AvgIpc) is 2.93. The Labute approximate surface area is 242 Å². The summed E-state index contributed by atoms with van der Waals surface area (Å²) >= 11 is 7.26. The summed E-state index contributed by atoms with van der Waals surface area (Å²) in [6.45, 7) is 1.22. The van der Waals surface area contributed by atoms with Gasteiger partial charge in [0.05, 0.1) is 12.8 Å². The Hall–Kier alpha value is -2.61. The molecule has 0 aliphatic heterocycles. The van der Waals surface area contributed by atoms with E-state index in [4.69, 9.17) is 9.47 Å². The monoisotopic (exact) mass is 640 g/mol. The number of benzene rings is 3. The minimum atomic E-state index is -0.196. The van der Waals surface area contributed by atoms with Crippen LogP contribution in [-0.2, 0) is 17.9 Å². The maximum absolute atomic E-state index is 12.9. The summed E-state index contributed by atoms with van der Waals surface area (Å²) in [4.78, 5) is 15.4. The van der Waals surface area contributed by atoms with Crippen LogP contribution in [0, 0.1) is 0 Å². The van der Waals surface area contributed by atoms with Crippen LogP contribution >= 0.6 is 31.9 Å². The summed E-state index contributed by atoms with van der Waals surface area (Å²) < 4.78 is 13.3. The van der Waals surface area contributed by atoms with Gasteiger partial charge in [-0.05, 0) is 82.9 Å². The molecule has 38 heavy (non-hydrogen) atoms. The quantitative estimate of drug-likeness (QED) is 0.227. The second kappa shape index (κ2) is 14.0. The summed E-state index contributed by atoms with van der Waals surface area (Å²) in [5.41, 5.74) is 3.80. The van der Waals surface area contributed by atoms with Crippen molar-refractivity contribution < 1.29 is 14.3 Å². The molecule has 4 rings (SSSR count). The maximum atomic E-state index is 12.9. The minimum absolute atomic E-state index is 0.196. The van der Waals surface area contributed by atoms with Crippen LogP contribution in [-0.4, -0.2) is 31.0 Å². The first kappa shape index (κ1) is 28.4. The third-order valence-corrected chi connectivity index (χ3v) is 7.94. The SMILES string of the molecule is COc1cc(/C=C/C(=O)Nc2c(Br)cc(Br)cc2CN(C)C2CCCCC2)ccc1OCc1ccccc1. The van der Waals surface area contributed by atoms with Crippen molar-refractivity contribution in [3.05, 3.63) is 92.4 Å². The number of carbonyl (C=O) groups excluding carboxylic acids is 1. The average molecular weight is 642 g/mol. The van der Waals surface area contributed by atoms with Crippen molar-refractivity contribution in [1.29, 1.82) is 0 Å². The fourth-order valence-electron chi connectivity index (χ4n) is 4.79. The molecule has 0 radical (unpaired) electrons. The molecule has 0 saturated heterocycles. The fraction of sp³-hybridized carbons (Fsp3) is 0.323. The van der Waals surface area contributed by atoms with E-state index >= 15 is 0 Å². The summed E-state index contributed by atoms with van der Waals surface area (Å²) in [6, 6.07) is 20.3. The van der Waals surface area contributed by atoms with Crippen LogP contribution in [0.4, 0.5) is 5.69 Å². The minimum Gasteiger partial charge on any atom is -0.493 e. The molecule has 1 aliphatic carbocycles. The van der Waals surface area contributed by atoms with Gasteiger partial charge in [-0.25, -0.2) is 0 Å². The molecule has 7 heteroatoms. The van der Waals surface area contributed by atoms with E-state index in [2.05, 4.69) is 55.2 Å². The molecular weight excluding hydrogens is 608 g/mol. The number of amides is 1. The first-order valence-corrected chi connectivity index (χ1v) is 14.5. The highest BCUT2D eigenvalue weighted by Crippen LogP contribution is 2.33. The van der Waals surface area contributed by atoms with Crippen molar-refractivity contribution in [3.8, 4) is 11.5 Å². The zero-order valence-electron chi connectivity index (χ0n) is 21.9. The molecule has 1 fully saturated rings. The van der Waals surface area contributed by atoms with Gasteiger partial charge in [-0.15, -0.1) is 0 Å². The Morgan fingerprint density at radius 3 is 2.53 bits per heavy atom. The van der Waals surface area contributed by atoms with Crippen molar-refractivity contribution in [2.45, 2.75) is 51.3 Å². The molecule has 1 amide bonds. The molecule has 3 aromatic rings. The molecule has 0 spiro atoms. The largest absolute Gasteiger partial charge is 0.493 e. The van der Waals surface area contributed by atoms with E-state index in [0.717, 1.165) is 37.9 Å². The van der Waals surface area contributed by atoms with Gasteiger partial charge in [-0.1, -0.05) is 71.6 Å². The molecule has 1 aliphatic rings. The van der Waals surface area contributed by atoms with Gasteiger partial charge in [0, 0.05) is 27.6 Å². The lowest BCUT2D eigenvalue weighted by atomic mass is 9.94. The fourth-order valence-corrected chi connectivity index (χ4v) is 6.20. The summed E-state index contributed by atoms with van der Waals surface area (Å²) in [7, 11) is 3.79. The zero-order valence-corrected chi connectivity index (χ0v) is 25.1. The van der Waals surface area contributed by atoms with Crippen LogP contribution in [0.1, 0.15) is 48.8 Å². The van der Waals surface area contributed by atoms with Crippen molar-refractivity contribution >= 4 is 49.5 Å². The van der Waals surface area contributed by atoms with Crippen molar-refractivity contribution in [2.75, 3.05) is 19.5 Å². The highest BCUT2D eigenvalue weighted by Gasteiger charge is 2.20. The first-order chi connectivity index (χ1) is 18.4. The number of methoxy groups -OCH3 is 1. The van der Waals surface area contributed by atoms with Gasteiger partial charge in [0.1, 0.15) is 6.61 Å². The molecule has 5 nitrogen and oxygen atoms in total. The Balaban J connectivity index is 1.42. The van der Waals surface area contributed by atoms with Crippen molar-refractivity contribution in [3.63, 3.8) is 0 Å². The van der Waals surface area contributed by atoms with Crippen LogP contribution in [0.2, 0.25) is 0 Å². The predicted molar refractivity (Wildman–Crippen MR) is 162 cm³/mol. The standard InChI is InChI=1S/C31H34Br2N2O3/c1-35(26-11-7-4-8-12-26)20-24-18-25(32)19-27(33)31(24)34-30(36)16-14-22-13-15-28(29(17-22)37-2)38-21-23-9-5-3-6-10-23/h3,5-6,9-10,13-19,26H,4,7-8,11-12,20-21H2,1-2H3,(H,34,36)/b16-14+. The Morgan fingerprint density at radius 2 is 1.79 bits per heavy atom. The predicted octanol–water partition coefficient (Wildman–Crippen LogP) is 8.22. The molecule has 0 unspecified atom stereocenters. The lowest BCUT2D eigenvalue weighted by Gasteiger charge is -2.31. The number of nitrogens with one attached hydrogen (secondary N) is 1. The van der Waals surface area contributed by atoms with Crippen LogP contribution < -0.4 is 14.8 Å². The van der Waals surface area contributed by atoms with Crippen LogP contribution in [0.15, 0.2) is 75.7 Å². The highest BCUT2D eigenvalue weighted by molar-refractivity contribution is 9.11. The van der Waals surface area contributed by atoms with E-state index in [1.165, 1.54) is 32.1 Å². The summed E-state index contributed by atoms with van der Waals surface area (Å²) in [5, 5.41) is 3.09. The zero-order chi connectivity index (χ0) is 26.9. The van der Waals surface area contributed by atoms with E-state index < -0.39 is 0 Å². The third-order valence-electron chi connectivity index (χ3n) is 6.85. The second-order valence-electron chi connectivity index (χ2n) is 9.64. The number of rotatable bonds is 10. The number of ether oxygens (including phenoxy) is 2. The van der Waals surface area contributed by atoms with Gasteiger partial charge in [0.15, 0.2) is 11.5 Å². The third kappa shape index (κ3) is 7.95. The lowest BCUT2D eigenvalue weighted by Crippen LogP contribution is -2.33. The number of anilines is 1. The Kier molecular flexibility index (Phi) is 10.4. The smallest absolute Gasteiger partial charge is 0.248 e. The number of carbonyl (C=O) groups is 1. The second-order valence-corrected chi connectivity index (χ2v) is 11.4. The molecule has 0 heterocycles. The van der Waals surface area contributed by atoms with E-state index in [-0.39, 0.29) is 5.91 Å². The molecule has 1 saturated carbocycles. The molecular formula is C31H34Br2N2O3. The van der Waals surface area contributed by atoms with E-state index in [1.54, 1.807) is 19.3 Å². The molecule has 0 bridgehead atoms. The molecule has 0 aromatic heterocycles. The molecule has 0 atom stereocenters. The van der Waals surface area contributed by atoms with E-state index in [0.29, 0.717) is 24.1 Å². The van der Waals surface area contributed by atoms with Gasteiger partial charge in [-0.3, -0.25) is 9.69 Å². The number of nitrogens with zero attached hydrogens (tertiary/aromatic N) is 1. The lowest BCUT2D eigenvalue weighted by molar-refractivity contribution is -0.111. The number of hydrogen-bond donors (Lipinski definition) is 1. The van der Waals surface area contributed by atoms with Gasteiger partial charge < -0.3 is 14.8 Å². The summed E-state index contributed by atoms with van der Waals surface area (Å²) in [5.74, 6) is 1.08.